The molecule has 0 radical (unpaired) electrons. The number of aromatic nitrogens is 2. The number of halogens is 2. The van der Waals surface area contributed by atoms with Crippen molar-refractivity contribution in [3.8, 4) is 0 Å². The zero-order valence-electron chi connectivity index (χ0n) is 12.4. The summed E-state index contributed by atoms with van der Waals surface area (Å²) in [7, 11) is 0. The third-order valence-corrected chi connectivity index (χ3v) is 3.58. The maximum absolute atomic E-state index is 14.2. The number of hydrogen-bond acceptors (Lipinski definition) is 2. The van der Waals surface area contributed by atoms with E-state index in [4.69, 9.17) is 11.6 Å². The van der Waals surface area contributed by atoms with Gasteiger partial charge in [0.05, 0.1) is 11.7 Å². The first-order chi connectivity index (χ1) is 10.2. The van der Waals surface area contributed by atoms with Gasteiger partial charge in [0, 0.05) is 23.3 Å². The number of nitrogens with zero attached hydrogens (tertiary/aromatic N) is 2. The monoisotopic (exact) mass is 309 g/mol. The lowest BCUT2D eigenvalue weighted by molar-refractivity contribution is 0.494. The van der Waals surface area contributed by atoms with Gasteiger partial charge >= 0.3 is 0 Å². The standard InChI is InChI=1S/C16H21ClFN3/c1-3-8-19-16(13-11-12(17)5-6-14(13)18)15-7-9-20-21(15)10-4-2/h5-7,9,11,16,19H,3-4,8,10H2,1-2H3. The summed E-state index contributed by atoms with van der Waals surface area (Å²) < 4.78 is 16.2. The lowest BCUT2D eigenvalue weighted by atomic mass is 10.0. The van der Waals surface area contributed by atoms with Crippen molar-refractivity contribution in [2.75, 3.05) is 6.54 Å². The summed E-state index contributed by atoms with van der Waals surface area (Å²) in [5.41, 5.74) is 1.53. The largest absolute Gasteiger partial charge is 0.305 e. The van der Waals surface area contributed by atoms with Crippen LogP contribution in [0.4, 0.5) is 4.39 Å². The Hall–Kier alpha value is -1.39. The third kappa shape index (κ3) is 3.83. The third-order valence-electron chi connectivity index (χ3n) is 3.35. The average molecular weight is 310 g/mol. The molecule has 1 atom stereocenters. The van der Waals surface area contributed by atoms with E-state index in [2.05, 4.69) is 24.3 Å². The van der Waals surface area contributed by atoms with Crippen LogP contribution in [0.15, 0.2) is 30.5 Å². The van der Waals surface area contributed by atoms with Gasteiger partial charge in [0.2, 0.25) is 0 Å². The summed E-state index contributed by atoms with van der Waals surface area (Å²) in [6, 6.07) is 6.37. The van der Waals surface area contributed by atoms with Crippen molar-refractivity contribution in [2.24, 2.45) is 0 Å². The summed E-state index contributed by atoms with van der Waals surface area (Å²) in [5, 5.41) is 8.27. The van der Waals surface area contributed by atoms with Crippen molar-refractivity contribution in [1.82, 2.24) is 15.1 Å². The Balaban J connectivity index is 2.42. The number of rotatable bonds is 7. The minimum absolute atomic E-state index is 0.238. The summed E-state index contributed by atoms with van der Waals surface area (Å²) in [6.45, 7) is 5.80. The Labute approximate surface area is 130 Å². The molecule has 2 rings (SSSR count). The fraction of sp³-hybridized carbons (Fsp3) is 0.438. The van der Waals surface area contributed by atoms with Crippen molar-refractivity contribution in [3.63, 3.8) is 0 Å². The molecule has 0 saturated heterocycles. The summed E-state index contributed by atoms with van der Waals surface area (Å²) in [4.78, 5) is 0. The van der Waals surface area contributed by atoms with E-state index in [1.165, 1.54) is 6.07 Å². The van der Waals surface area contributed by atoms with Gasteiger partial charge in [0.15, 0.2) is 0 Å². The van der Waals surface area contributed by atoms with Crippen LogP contribution < -0.4 is 5.32 Å². The minimum Gasteiger partial charge on any atom is -0.305 e. The van der Waals surface area contributed by atoms with Gasteiger partial charge in [-0.1, -0.05) is 25.4 Å². The quantitative estimate of drug-likeness (QED) is 0.831. The van der Waals surface area contributed by atoms with Crippen LogP contribution in [-0.2, 0) is 6.54 Å². The molecule has 0 aliphatic carbocycles. The van der Waals surface area contributed by atoms with E-state index in [1.54, 1.807) is 18.3 Å². The zero-order valence-corrected chi connectivity index (χ0v) is 13.2. The Morgan fingerprint density at radius 2 is 2.10 bits per heavy atom. The Bertz CT molecular complexity index is 583. The molecule has 3 nitrogen and oxygen atoms in total. The summed E-state index contributed by atoms with van der Waals surface area (Å²) in [6.07, 6.45) is 3.71. The molecule has 5 heteroatoms. The molecule has 0 aliphatic heterocycles. The van der Waals surface area contributed by atoms with E-state index < -0.39 is 0 Å². The van der Waals surface area contributed by atoms with Crippen LogP contribution in [0.2, 0.25) is 5.02 Å². The Morgan fingerprint density at radius 1 is 1.29 bits per heavy atom. The van der Waals surface area contributed by atoms with Gasteiger partial charge in [-0.2, -0.15) is 5.10 Å². The number of aryl methyl sites for hydroxylation is 1. The number of nitrogens with one attached hydrogen (secondary N) is 1. The second kappa shape index (κ2) is 7.57. The van der Waals surface area contributed by atoms with E-state index in [0.717, 1.165) is 31.6 Å². The van der Waals surface area contributed by atoms with Gasteiger partial charge < -0.3 is 5.32 Å². The van der Waals surface area contributed by atoms with E-state index >= 15 is 0 Å². The molecule has 1 unspecified atom stereocenters. The van der Waals surface area contributed by atoms with Crippen molar-refractivity contribution in [2.45, 2.75) is 39.3 Å². The van der Waals surface area contributed by atoms with Crippen LogP contribution in [0, 0.1) is 5.82 Å². The van der Waals surface area contributed by atoms with Gasteiger partial charge in [0.1, 0.15) is 5.82 Å². The van der Waals surface area contributed by atoms with Crippen LogP contribution in [0.25, 0.3) is 0 Å². The van der Waals surface area contributed by atoms with Crippen molar-refractivity contribution < 1.29 is 4.39 Å². The fourth-order valence-corrected chi connectivity index (χ4v) is 2.57. The van der Waals surface area contributed by atoms with E-state index in [9.17, 15) is 4.39 Å². The van der Waals surface area contributed by atoms with Gasteiger partial charge in [0.25, 0.3) is 0 Å². The normalized spacial score (nSPS) is 12.6. The molecule has 2 aromatic rings. The van der Waals surface area contributed by atoms with Gasteiger partial charge in [-0.05, 0) is 43.7 Å². The first kappa shape index (κ1) is 16.0. The molecule has 1 aromatic carbocycles. The first-order valence-corrected chi connectivity index (χ1v) is 7.75. The molecule has 1 aromatic heterocycles. The van der Waals surface area contributed by atoms with Gasteiger partial charge in [-0.25, -0.2) is 4.39 Å². The second-order valence-corrected chi connectivity index (χ2v) is 5.47. The highest BCUT2D eigenvalue weighted by Gasteiger charge is 2.21. The van der Waals surface area contributed by atoms with Crippen LogP contribution in [0.5, 0.6) is 0 Å². The summed E-state index contributed by atoms with van der Waals surface area (Å²) in [5.74, 6) is -0.253. The van der Waals surface area contributed by atoms with Crippen LogP contribution in [-0.4, -0.2) is 16.3 Å². The van der Waals surface area contributed by atoms with Gasteiger partial charge in [-0.15, -0.1) is 0 Å². The van der Waals surface area contributed by atoms with Crippen LogP contribution in [0.3, 0.4) is 0 Å². The maximum Gasteiger partial charge on any atom is 0.128 e. The average Bonchev–Trinajstić information content (AvgIpc) is 2.92. The molecular formula is C16H21ClFN3. The number of benzene rings is 1. The highest BCUT2D eigenvalue weighted by molar-refractivity contribution is 6.30. The lowest BCUT2D eigenvalue weighted by Crippen LogP contribution is -2.26. The molecule has 0 saturated carbocycles. The molecule has 0 spiro atoms. The van der Waals surface area contributed by atoms with E-state index in [0.29, 0.717) is 10.6 Å². The fourth-order valence-electron chi connectivity index (χ4n) is 2.39. The Morgan fingerprint density at radius 3 is 2.81 bits per heavy atom. The lowest BCUT2D eigenvalue weighted by Gasteiger charge is -2.21. The van der Waals surface area contributed by atoms with Gasteiger partial charge in [-0.3, -0.25) is 4.68 Å². The topological polar surface area (TPSA) is 29.9 Å². The number of hydrogen-bond donors (Lipinski definition) is 1. The van der Waals surface area contributed by atoms with Crippen molar-refractivity contribution in [1.29, 1.82) is 0 Å². The molecule has 1 heterocycles. The molecule has 114 valence electrons. The molecule has 0 aliphatic rings. The maximum atomic E-state index is 14.2. The smallest absolute Gasteiger partial charge is 0.128 e. The van der Waals surface area contributed by atoms with Crippen molar-refractivity contribution >= 4 is 11.6 Å². The molecule has 0 amide bonds. The zero-order chi connectivity index (χ0) is 15.2. The van der Waals surface area contributed by atoms with Crippen LogP contribution >= 0.6 is 11.6 Å². The molecule has 21 heavy (non-hydrogen) atoms. The highest BCUT2D eigenvalue weighted by Crippen LogP contribution is 2.27. The first-order valence-electron chi connectivity index (χ1n) is 7.37. The highest BCUT2D eigenvalue weighted by atomic mass is 35.5. The predicted molar refractivity (Wildman–Crippen MR) is 84.1 cm³/mol. The SMILES string of the molecule is CCCNC(c1cc(Cl)ccc1F)c1ccnn1CCC. The minimum atomic E-state index is -0.253. The molecular weight excluding hydrogens is 289 g/mol. The predicted octanol–water partition coefficient (Wildman–Crippen LogP) is 4.17. The summed E-state index contributed by atoms with van der Waals surface area (Å²) >= 11 is 6.04. The molecule has 0 bridgehead atoms. The van der Waals surface area contributed by atoms with E-state index in [1.807, 2.05) is 10.7 Å². The Kier molecular flexibility index (Phi) is 5.76. The second-order valence-electron chi connectivity index (χ2n) is 5.03. The van der Waals surface area contributed by atoms with Crippen LogP contribution in [0.1, 0.15) is 44.0 Å². The van der Waals surface area contributed by atoms with E-state index in [-0.39, 0.29) is 11.9 Å². The molecule has 1 N–H and O–H groups in total. The molecule has 0 fully saturated rings. The van der Waals surface area contributed by atoms with Crippen molar-refractivity contribution in [3.05, 3.63) is 52.6 Å².